The maximum atomic E-state index is 12.7. The molecule has 0 unspecified atom stereocenters. The van der Waals surface area contributed by atoms with Crippen LogP contribution in [0.25, 0.3) is 0 Å². The van der Waals surface area contributed by atoms with Crippen LogP contribution in [0.15, 0.2) is 18.3 Å². The Bertz CT molecular complexity index is 555. The molecule has 0 aliphatic heterocycles. The lowest BCUT2D eigenvalue weighted by Gasteiger charge is -2.01. The van der Waals surface area contributed by atoms with Gasteiger partial charge in [-0.1, -0.05) is 0 Å². The van der Waals surface area contributed by atoms with Crippen molar-refractivity contribution in [3.8, 4) is 0 Å². The third kappa shape index (κ3) is 3.21. The number of hydrogen-bond acceptors (Lipinski definition) is 4. The number of nitrogens with zero attached hydrogens (tertiary/aromatic N) is 2. The second-order valence-electron chi connectivity index (χ2n) is 3.43. The Labute approximate surface area is 113 Å². The smallest absolute Gasteiger partial charge is 0.358 e. The highest BCUT2D eigenvalue weighted by Crippen LogP contribution is 2.18. The van der Waals surface area contributed by atoms with E-state index >= 15 is 0 Å². The number of aromatic carboxylic acids is 1. The highest BCUT2D eigenvalue weighted by Gasteiger charge is 2.14. The molecule has 8 heteroatoms. The maximum Gasteiger partial charge on any atom is 0.358 e. The highest BCUT2D eigenvalue weighted by molar-refractivity contribution is 7.10. The van der Waals surface area contributed by atoms with Crippen LogP contribution in [-0.2, 0) is 13.6 Å². The molecule has 5 nitrogen and oxygen atoms in total. The number of aryl methyl sites for hydroxylation is 1. The summed E-state index contributed by atoms with van der Waals surface area (Å²) in [5.74, 6) is -1.09. The first kappa shape index (κ1) is 14.5. The molecule has 0 aromatic carbocycles. The molecule has 0 radical (unpaired) electrons. The van der Waals surface area contributed by atoms with E-state index in [1.54, 1.807) is 19.3 Å². The van der Waals surface area contributed by atoms with E-state index in [1.165, 1.54) is 10.7 Å². The zero-order valence-corrected chi connectivity index (χ0v) is 11.0. The number of thiophene rings is 1. The van der Waals surface area contributed by atoms with Crippen molar-refractivity contribution in [1.29, 1.82) is 0 Å². The van der Waals surface area contributed by atoms with Crippen molar-refractivity contribution < 1.29 is 14.3 Å². The van der Waals surface area contributed by atoms with E-state index in [4.69, 9.17) is 5.11 Å². The van der Waals surface area contributed by atoms with Crippen LogP contribution in [0.3, 0.4) is 0 Å². The van der Waals surface area contributed by atoms with E-state index < -0.39 is 5.97 Å². The summed E-state index contributed by atoms with van der Waals surface area (Å²) < 4.78 is 14.2. The summed E-state index contributed by atoms with van der Waals surface area (Å²) in [6, 6.07) is 3.03. The first-order chi connectivity index (χ1) is 8.06. The molecule has 0 aliphatic rings. The zero-order valence-electron chi connectivity index (χ0n) is 9.38. The molecule has 2 rings (SSSR count). The maximum absolute atomic E-state index is 12.7. The topological polar surface area (TPSA) is 67.2 Å². The quantitative estimate of drug-likeness (QED) is 0.907. The van der Waals surface area contributed by atoms with E-state index in [-0.39, 0.29) is 23.2 Å². The molecule has 0 aliphatic carbocycles. The standard InChI is InChI=1S/C10H10FN3O2S.ClH/c1-14-5-7(9(13-14)10(15)16)12-4-6-2-3-8(11)17-6;/h2-3,5,12H,4H2,1H3,(H,15,16);1H. The number of carbonyl (C=O) groups is 1. The van der Waals surface area contributed by atoms with Crippen LogP contribution in [0.4, 0.5) is 10.1 Å². The molecule has 0 saturated carbocycles. The molecular weight excluding hydrogens is 281 g/mol. The Morgan fingerprint density at radius 2 is 2.33 bits per heavy atom. The molecule has 98 valence electrons. The average molecular weight is 292 g/mol. The predicted molar refractivity (Wildman–Crippen MR) is 69.0 cm³/mol. The number of nitrogens with one attached hydrogen (secondary N) is 1. The predicted octanol–water partition coefficient (Wildman–Crippen LogP) is 2.35. The van der Waals surface area contributed by atoms with Crippen LogP contribution in [0.2, 0.25) is 0 Å². The molecular formula is C10H11ClFN3O2S. The van der Waals surface area contributed by atoms with Crippen molar-refractivity contribution in [1.82, 2.24) is 9.78 Å². The summed E-state index contributed by atoms with van der Waals surface area (Å²) >= 11 is 1.02. The van der Waals surface area contributed by atoms with E-state index in [0.717, 1.165) is 16.2 Å². The molecule has 18 heavy (non-hydrogen) atoms. The van der Waals surface area contributed by atoms with E-state index in [9.17, 15) is 9.18 Å². The van der Waals surface area contributed by atoms with Gasteiger partial charge in [-0.05, 0) is 12.1 Å². The number of hydrogen-bond donors (Lipinski definition) is 2. The fourth-order valence-corrected chi connectivity index (χ4v) is 2.07. The average Bonchev–Trinajstić information content (AvgIpc) is 2.82. The molecule has 0 atom stereocenters. The normalized spacial score (nSPS) is 9.89. The Hall–Kier alpha value is -1.60. The zero-order chi connectivity index (χ0) is 12.4. The number of halogens is 2. The van der Waals surface area contributed by atoms with Gasteiger partial charge >= 0.3 is 5.97 Å². The second kappa shape index (κ2) is 5.83. The van der Waals surface area contributed by atoms with Crippen LogP contribution < -0.4 is 5.32 Å². The highest BCUT2D eigenvalue weighted by atomic mass is 35.5. The van der Waals surface area contributed by atoms with Crippen LogP contribution in [0, 0.1) is 5.13 Å². The molecule has 0 bridgehead atoms. The SMILES string of the molecule is Cl.Cn1cc(NCc2ccc(F)s2)c(C(=O)O)n1. The Morgan fingerprint density at radius 1 is 1.61 bits per heavy atom. The van der Waals surface area contributed by atoms with E-state index in [0.29, 0.717) is 12.2 Å². The van der Waals surface area contributed by atoms with Crippen LogP contribution in [0.1, 0.15) is 15.4 Å². The van der Waals surface area contributed by atoms with Crippen LogP contribution in [0.5, 0.6) is 0 Å². The molecule has 0 amide bonds. The van der Waals surface area contributed by atoms with Gasteiger partial charge in [-0.25, -0.2) is 4.79 Å². The second-order valence-corrected chi connectivity index (χ2v) is 4.55. The minimum absolute atomic E-state index is 0. The lowest BCUT2D eigenvalue weighted by Crippen LogP contribution is -2.04. The van der Waals surface area contributed by atoms with E-state index in [1.807, 2.05) is 0 Å². The number of carboxylic acid groups (broad SMARTS) is 1. The minimum Gasteiger partial charge on any atom is -0.476 e. The molecule has 2 heterocycles. The number of aromatic nitrogens is 2. The van der Waals surface area contributed by atoms with Gasteiger partial charge in [-0.2, -0.15) is 9.49 Å². The van der Waals surface area contributed by atoms with Gasteiger partial charge in [-0.3, -0.25) is 4.68 Å². The number of carboxylic acids is 1. The molecule has 2 aromatic heterocycles. The van der Waals surface area contributed by atoms with Crippen LogP contribution in [-0.4, -0.2) is 20.9 Å². The van der Waals surface area contributed by atoms with Crippen molar-refractivity contribution in [2.45, 2.75) is 6.54 Å². The fourth-order valence-electron chi connectivity index (χ4n) is 1.40. The summed E-state index contributed by atoms with van der Waals surface area (Å²) in [6.45, 7) is 0.376. The van der Waals surface area contributed by atoms with Gasteiger partial charge in [0.25, 0.3) is 0 Å². The first-order valence-electron chi connectivity index (χ1n) is 4.81. The largest absolute Gasteiger partial charge is 0.476 e. The van der Waals surface area contributed by atoms with Crippen LogP contribution >= 0.6 is 23.7 Å². The molecule has 2 N–H and O–H groups in total. The van der Waals surface area contributed by atoms with Gasteiger partial charge in [0.2, 0.25) is 0 Å². The van der Waals surface area contributed by atoms with Crippen molar-refractivity contribution in [3.63, 3.8) is 0 Å². The van der Waals surface area contributed by atoms with Crippen molar-refractivity contribution in [3.05, 3.63) is 34.0 Å². The minimum atomic E-state index is -1.09. The summed E-state index contributed by atoms with van der Waals surface area (Å²) in [4.78, 5) is 11.7. The molecule has 0 spiro atoms. The van der Waals surface area contributed by atoms with Gasteiger partial charge in [0.15, 0.2) is 10.8 Å². The Morgan fingerprint density at radius 3 is 2.89 bits per heavy atom. The third-order valence-electron chi connectivity index (χ3n) is 2.11. The van der Waals surface area contributed by atoms with Crippen molar-refractivity contribution in [2.24, 2.45) is 7.05 Å². The van der Waals surface area contributed by atoms with Gasteiger partial charge < -0.3 is 10.4 Å². The number of rotatable bonds is 4. The monoisotopic (exact) mass is 291 g/mol. The summed E-state index contributed by atoms with van der Waals surface area (Å²) in [6.07, 6.45) is 1.58. The fraction of sp³-hybridized carbons (Fsp3) is 0.200. The molecule has 0 saturated heterocycles. The van der Waals surface area contributed by atoms with E-state index in [2.05, 4.69) is 10.4 Å². The van der Waals surface area contributed by atoms with Crippen molar-refractivity contribution in [2.75, 3.05) is 5.32 Å². The summed E-state index contributed by atoms with van der Waals surface area (Å²) in [5.41, 5.74) is 0.387. The van der Waals surface area contributed by atoms with Crippen molar-refractivity contribution >= 4 is 35.4 Å². The van der Waals surface area contributed by atoms with Gasteiger partial charge in [0, 0.05) is 24.7 Å². The first-order valence-corrected chi connectivity index (χ1v) is 5.63. The van der Waals surface area contributed by atoms with Gasteiger partial charge in [0.05, 0.1) is 5.69 Å². The lowest BCUT2D eigenvalue weighted by atomic mass is 10.3. The lowest BCUT2D eigenvalue weighted by molar-refractivity contribution is 0.0690. The molecule has 2 aromatic rings. The number of anilines is 1. The van der Waals surface area contributed by atoms with Gasteiger partial charge in [-0.15, -0.1) is 23.7 Å². The molecule has 0 fully saturated rings. The summed E-state index contributed by atoms with van der Waals surface area (Å²) in [7, 11) is 1.64. The van der Waals surface area contributed by atoms with Gasteiger partial charge in [0.1, 0.15) is 0 Å². The Balaban J connectivity index is 0.00000162. The Kier molecular flexibility index (Phi) is 4.69. The summed E-state index contributed by atoms with van der Waals surface area (Å²) in [5, 5.41) is 15.4. The third-order valence-corrected chi connectivity index (χ3v) is 2.99.